The lowest BCUT2D eigenvalue weighted by molar-refractivity contribution is 0.565. The van der Waals surface area contributed by atoms with E-state index < -0.39 is 0 Å². The van der Waals surface area contributed by atoms with Crippen LogP contribution >= 0.6 is 0 Å². The Kier molecular flexibility index (Phi) is 4.60. The van der Waals surface area contributed by atoms with Gasteiger partial charge in [-0.25, -0.2) is 0 Å². The molecule has 2 rings (SSSR count). The summed E-state index contributed by atoms with van der Waals surface area (Å²) in [5.41, 5.74) is 4.87. The Morgan fingerprint density at radius 2 is 2.05 bits per heavy atom. The molecule has 0 unspecified atom stereocenters. The summed E-state index contributed by atoms with van der Waals surface area (Å²) in [6.45, 7) is 11.1. The first kappa shape index (κ1) is 14.8. The van der Waals surface area contributed by atoms with Crippen molar-refractivity contribution in [2.75, 3.05) is 0 Å². The first-order chi connectivity index (χ1) is 9.52. The van der Waals surface area contributed by atoms with Crippen molar-refractivity contribution in [3.05, 3.63) is 34.9 Å². The number of aryl methyl sites for hydroxylation is 3. The summed E-state index contributed by atoms with van der Waals surface area (Å²) in [6, 6.07) is 2.18. The molecule has 5 nitrogen and oxygen atoms in total. The predicted molar refractivity (Wildman–Crippen MR) is 80.5 cm³/mol. The molecule has 5 heteroatoms. The molecule has 0 aromatic carbocycles. The zero-order valence-electron chi connectivity index (χ0n) is 13.1. The molecule has 1 N–H and O–H groups in total. The van der Waals surface area contributed by atoms with Gasteiger partial charge in [0.2, 0.25) is 0 Å². The number of hydrogen-bond donors (Lipinski definition) is 1. The second-order valence-corrected chi connectivity index (χ2v) is 5.53. The van der Waals surface area contributed by atoms with Crippen LogP contribution in [0.1, 0.15) is 49.3 Å². The summed E-state index contributed by atoms with van der Waals surface area (Å²) in [4.78, 5) is 0. The molecule has 0 atom stereocenters. The van der Waals surface area contributed by atoms with Crippen molar-refractivity contribution in [3.63, 3.8) is 0 Å². The maximum Gasteiger partial charge on any atom is 0.0653 e. The zero-order valence-corrected chi connectivity index (χ0v) is 13.1. The Balaban J connectivity index is 1.97. The van der Waals surface area contributed by atoms with E-state index in [1.165, 1.54) is 17.0 Å². The summed E-state index contributed by atoms with van der Waals surface area (Å²) in [5.74, 6) is 0.471. The third-order valence-corrected chi connectivity index (χ3v) is 3.64. The second-order valence-electron chi connectivity index (χ2n) is 5.53. The second kappa shape index (κ2) is 6.22. The fraction of sp³-hybridized carbons (Fsp3) is 0.600. The van der Waals surface area contributed by atoms with Crippen molar-refractivity contribution in [3.8, 4) is 0 Å². The maximum atomic E-state index is 4.54. The molecule has 2 aromatic rings. The SMILES string of the molecule is CCn1ncc(C)c1CNCc1cc(C(C)C)nn1C. The molecule has 0 saturated carbocycles. The quantitative estimate of drug-likeness (QED) is 0.880. The molecule has 0 amide bonds. The van der Waals surface area contributed by atoms with Gasteiger partial charge in [0, 0.05) is 26.7 Å². The van der Waals surface area contributed by atoms with Gasteiger partial charge in [-0.15, -0.1) is 0 Å². The van der Waals surface area contributed by atoms with Gasteiger partial charge in [-0.3, -0.25) is 9.36 Å². The number of aromatic nitrogens is 4. The highest BCUT2D eigenvalue weighted by Gasteiger charge is 2.09. The minimum atomic E-state index is 0.471. The number of rotatable bonds is 6. The highest BCUT2D eigenvalue weighted by atomic mass is 15.3. The first-order valence-electron chi connectivity index (χ1n) is 7.27. The molecule has 0 spiro atoms. The summed E-state index contributed by atoms with van der Waals surface area (Å²) in [5, 5.41) is 12.4. The molecule has 0 saturated heterocycles. The lowest BCUT2D eigenvalue weighted by atomic mass is 10.1. The highest BCUT2D eigenvalue weighted by Crippen LogP contribution is 2.14. The largest absolute Gasteiger partial charge is 0.306 e. The zero-order chi connectivity index (χ0) is 14.7. The number of nitrogens with one attached hydrogen (secondary N) is 1. The Hall–Kier alpha value is -1.62. The third-order valence-electron chi connectivity index (χ3n) is 3.64. The number of nitrogens with zero attached hydrogens (tertiary/aromatic N) is 4. The van der Waals surface area contributed by atoms with Crippen LogP contribution in [0.2, 0.25) is 0 Å². The molecule has 0 radical (unpaired) electrons. The minimum Gasteiger partial charge on any atom is -0.306 e. The first-order valence-corrected chi connectivity index (χ1v) is 7.27. The van der Waals surface area contributed by atoms with Gasteiger partial charge in [0.05, 0.1) is 23.3 Å². The maximum absolute atomic E-state index is 4.54. The van der Waals surface area contributed by atoms with Crippen molar-refractivity contribution in [1.29, 1.82) is 0 Å². The minimum absolute atomic E-state index is 0.471. The van der Waals surface area contributed by atoms with Crippen LogP contribution in [0.3, 0.4) is 0 Å². The van der Waals surface area contributed by atoms with E-state index in [4.69, 9.17) is 0 Å². The smallest absolute Gasteiger partial charge is 0.0653 e. The van der Waals surface area contributed by atoms with Crippen LogP contribution in [0.5, 0.6) is 0 Å². The van der Waals surface area contributed by atoms with Crippen LogP contribution < -0.4 is 5.32 Å². The highest BCUT2D eigenvalue weighted by molar-refractivity contribution is 5.16. The summed E-state index contributed by atoms with van der Waals surface area (Å²) >= 11 is 0. The summed E-state index contributed by atoms with van der Waals surface area (Å²) < 4.78 is 4.01. The van der Waals surface area contributed by atoms with Gasteiger partial charge in [0.25, 0.3) is 0 Å². The summed E-state index contributed by atoms with van der Waals surface area (Å²) in [7, 11) is 2.00. The van der Waals surface area contributed by atoms with Crippen LogP contribution in [0.4, 0.5) is 0 Å². The van der Waals surface area contributed by atoms with Crippen molar-refractivity contribution in [2.24, 2.45) is 7.05 Å². The van der Waals surface area contributed by atoms with Crippen molar-refractivity contribution >= 4 is 0 Å². The standard InChI is InChI=1S/C15H25N5/c1-6-20-15(12(4)8-17-20)10-16-9-13-7-14(11(2)3)18-19(13)5/h7-8,11,16H,6,9-10H2,1-5H3. The van der Waals surface area contributed by atoms with Gasteiger partial charge < -0.3 is 5.32 Å². The van der Waals surface area contributed by atoms with Gasteiger partial charge >= 0.3 is 0 Å². The van der Waals surface area contributed by atoms with Gasteiger partial charge in [-0.1, -0.05) is 13.8 Å². The van der Waals surface area contributed by atoms with Crippen LogP contribution in [-0.4, -0.2) is 19.6 Å². The normalized spacial score (nSPS) is 11.5. The molecule has 110 valence electrons. The molecule has 20 heavy (non-hydrogen) atoms. The molecular weight excluding hydrogens is 250 g/mol. The molecule has 0 aliphatic heterocycles. The average molecular weight is 275 g/mol. The van der Waals surface area contributed by atoms with Gasteiger partial charge in [-0.05, 0) is 31.4 Å². The fourth-order valence-corrected chi connectivity index (χ4v) is 2.29. The molecule has 0 aliphatic carbocycles. The Bertz CT molecular complexity index is 565. The van der Waals surface area contributed by atoms with Gasteiger partial charge in [-0.2, -0.15) is 10.2 Å². The van der Waals surface area contributed by atoms with Crippen molar-refractivity contribution in [1.82, 2.24) is 24.9 Å². The molecular formula is C15H25N5. The molecule has 0 bridgehead atoms. The van der Waals surface area contributed by atoms with Gasteiger partial charge in [0.15, 0.2) is 0 Å². The van der Waals surface area contributed by atoms with Crippen LogP contribution in [0.25, 0.3) is 0 Å². The van der Waals surface area contributed by atoms with Gasteiger partial charge in [0.1, 0.15) is 0 Å². The molecule has 2 heterocycles. The van der Waals surface area contributed by atoms with E-state index >= 15 is 0 Å². The van der Waals surface area contributed by atoms with Crippen LogP contribution in [0.15, 0.2) is 12.3 Å². The Morgan fingerprint density at radius 1 is 1.30 bits per heavy atom. The average Bonchev–Trinajstić information content (AvgIpc) is 2.94. The Labute approximate surface area is 121 Å². The topological polar surface area (TPSA) is 47.7 Å². The molecule has 2 aromatic heterocycles. The Morgan fingerprint density at radius 3 is 2.65 bits per heavy atom. The van der Waals surface area contributed by atoms with E-state index in [1.807, 2.05) is 22.6 Å². The van der Waals surface area contributed by atoms with Crippen LogP contribution in [0, 0.1) is 6.92 Å². The predicted octanol–water partition coefficient (Wildman–Crippen LogP) is 2.36. The van der Waals surface area contributed by atoms with E-state index in [0.717, 1.165) is 25.3 Å². The van der Waals surface area contributed by atoms with E-state index in [0.29, 0.717) is 5.92 Å². The van der Waals surface area contributed by atoms with Crippen molar-refractivity contribution < 1.29 is 0 Å². The van der Waals surface area contributed by atoms with E-state index in [9.17, 15) is 0 Å². The third kappa shape index (κ3) is 3.10. The monoisotopic (exact) mass is 275 g/mol. The van der Waals surface area contributed by atoms with E-state index in [-0.39, 0.29) is 0 Å². The number of hydrogen-bond acceptors (Lipinski definition) is 3. The fourth-order valence-electron chi connectivity index (χ4n) is 2.29. The van der Waals surface area contributed by atoms with Crippen LogP contribution in [-0.2, 0) is 26.7 Å². The van der Waals surface area contributed by atoms with Crippen molar-refractivity contribution in [2.45, 2.75) is 53.2 Å². The summed E-state index contributed by atoms with van der Waals surface area (Å²) in [6.07, 6.45) is 1.93. The lowest BCUT2D eigenvalue weighted by Crippen LogP contribution is -2.18. The van der Waals surface area contributed by atoms with E-state index in [1.54, 1.807) is 0 Å². The molecule has 0 fully saturated rings. The van der Waals surface area contributed by atoms with E-state index in [2.05, 4.69) is 49.3 Å². The molecule has 0 aliphatic rings. The lowest BCUT2D eigenvalue weighted by Gasteiger charge is -2.08.